The number of esters is 1. The molecule has 0 bridgehead atoms. The van der Waals surface area contributed by atoms with Gasteiger partial charge in [0.1, 0.15) is 5.76 Å². The lowest BCUT2D eigenvalue weighted by molar-refractivity contribution is -0.134. The summed E-state index contributed by atoms with van der Waals surface area (Å²) in [6, 6.07) is 19.4. The number of ether oxygens (including phenoxy) is 1. The van der Waals surface area contributed by atoms with Gasteiger partial charge in [0.05, 0.1) is 0 Å². The third-order valence-corrected chi connectivity index (χ3v) is 2.41. The fourth-order valence-corrected chi connectivity index (χ4v) is 1.63. The lowest BCUT2D eigenvalue weighted by atomic mass is 10.1. The van der Waals surface area contributed by atoms with Crippen LogP contribution in [0.5, 0.6) is 0 Å². The topological polar surface area (TPSA) is 26.3 Å². The average molecular weight is 238 g/mol. The fraction of sp³-hybridized carbons (Fsp3) is 0.0625. The molecule has 0 spiro atoms. The van der Waals surface area contributed by atoms with Crippen molar-refractivity contribution >= 4 is 17.8 Å². The lowest BCUT2D eigenvalue weighted by Gasteiger charge is -2.07. The van der Waals surface area contributed by atoms with Gasteiger partial charge in [-0.25, -0.2) is 0 Å². The Labute approximate surface area is 107 Å². The van der Waals surface area contributed by atoms with E-state index in [2.05, 4.69) is 0 Å². The summed E-state index contributed by atoms with van der Waals surface area (Å²) in [4.78, 5) is 11.2. The zero-order valence-corrected chi connectivity index (χ0v) is 10.2. The molecule has 90 valence electrons. The smallest absolute Gasteiger partial charge is 0.308 e. The molecule has 2 heteroatoms. The summed E-state index contributed by atoms with van der Waals surface area (Å²) in [5.41, 5.74) is 1.88. The summed E-state index contributed by atoms with van der Waals surface area (Å²) < 4.78 is 5.26. The molecule has 0 unspecified atom stereocenters. The predicted molar refractivity (Wildman–Crippen MR) is 72.5 cm³/mol. The minimum atomic E-state index is -0.318. The summed E-state index contributed by atoms with van der Waals surface area (Å²) in [7, 11) is 0. The Balaban J connectivity index is 2.37. The molecule has 2 nitrogen and oxygen atoms in total. The van der Waals surface area contributed by atoms with E-state index >= 15 is 0 Å². The molecule has 0 saturated carbocycles. The van der Waals surface area contributed by atoms with Gasteiger partial charge in [0, 0.05) is 12.5 Å². The minimum absolute atomic E-state index is 0.318. The van der Waals surface area contributed by atoms with Gasteiger partial charge in [-0.1, -0.05) is 60.7 Å². The largest absolute Gasteiger partial charge is 0.426 e. The van der Waals surface area contributed by atoms with E-state index in [1.165, 1.54) is 6.92 Å². The molecule has 0 heterocycles. The molecule has 0 aliphatic carbocycles. The number of rotatable bonds is 3. The van der Waals surface area contributed by atoms with E-state index in [4.69, 9.17) is 4.74 Å². The summed E-state index contributed by atoms with van der Waals surface area (Å²) in [6.45, 7) is 1.40. The molecule has 0 fully saturated rings. The summed E-state index contributed by atoms with van der Waals surface area (Å²) in [5, 5.41) is 0. The molecular weight excluding hydrogens is 224 g/mol. The molecule has 0 aromatic heterocycles. The molecule has 0 radical (unpaired) electrons. The molecular formula is C16H14O2. The average Bonchev–Trinajstić information content (AvgIpc) is 2.40. The van der Waals surface area contributed by atoms with Crippen LogP contribution in [0.1, 0.15) is 18.1 Å². The first-order valence-electron chi connectivity index (χ1n) is 5.76. The van der Waals surface area contributed by atoms with Gasteiger partial charge in [-0.05, 0) is 11.6 Å². The van der Waals surface area contributed by atoms with Crippen LogP contribution in [0.4, 0.5) is 0 Å². The first-order chi connectivity index (χ1) is 8.75. The standard InChI is InChI=1S/C16H14O2/c1-13(17)18-16(15-10-6-3-7-11-15)12-14-8-4-2-5-9-14/h2-12H,1H3. The zero-order chi connectivity index (χ0) is 12.8. The molecule has 0 N–H and O–H groups in total. The number of hydrogen-bond acceptors (Lipinski definition) is 2. The third-order valence-electron chi connectivity index (χ3n) is 2.41. The van der Waals surface area contributed by atoms with Crippen molar-refractivity contribution < 1.29 is 9.53 Å². The maximum atomic E-state index is 11.2. The van der Waals surface area contributed by atoms with Crippen molar-refractivity contribution in [3.05, 3.63) is 71.8 Å². The van der Waals surface area contributed by atoms with Crippen molar-refractivity contribution in [2.45, 2.75) is 6.92 Å². The summed E-state index contributed by atoms with van der Waals surface area (Å²) >= 11 is 0. The number of hydrogen-bond donors (Lipinski definition) is 0. The van der Waals surface area contributed by atoms with Crippen molar-refractivity contribution in [3.8, 4) is 0 Å². The van der Waals surface area contributed by atoms with E-state index < -0.39 is 0 Å². The Kier molecular flexibility index (Phi) is 3.92. The lowest BCUT2D eigenvalue weighted by Crippen LogP contribution is -1.98. The maximum absolute atomic E-state index is 11.2. The molecule has 0 amide bonds. The van der Waals surface area contributed by atoms with Crippen LogP contribution in [0, 0.1) is 0 Å². The van der Waals surface area contributed by atoms with E-state index in [-0.39, 0.29) is 5.97 Å². The minimum Gasteiger partial charge on any atom is -0.426 e. The highest BCUT2D eigenvalue weighted by molar-refractivity contribution is 5.84. The van der Waals surface area contributed by atoms with Crippen LogP contribution in [0.3, 0.4) is 0 Å². The molecule has 2 aromatic carbocycles. The molecule has 0 aliphatic heterocycles. The van der Waals surface area contributed by atoms with Crippen LogP contribution in [-0.2, 0) is 9.53 Å². The van der Waals surface area contributed by atoms with Crippen LogP contribution in [0.2, 0.25) is 0 Å². The fourth-order valence-electron chi connectivity index (χ4n) is 1.63. The van der Waals surface area contributed by atoms with Crippen LogP contribution < -0.4 is 0 Å². The molecule has 2 rings (SSSR count). The Hall–Kier alpha value is -2.35. The first-order valence-corrected chi connectivity index (χ1v) is 5.76. The maximum Gasteiger partial charge on any atom is 0.308 e. The van der Waals surface area contributed by atoms with E-state index in [0.29, 0.717) is 5.76 Å². The van der Waals surface area contributed by atoms with Crippen LogP contribution >= 0.6 is 0 Å². The summed E-state index contributed by atoms with van der Waals surface area (Å²) in [6.07, 6.45) is 1.86. The molecule has 18 heavy (non-hydrogen) atoms. The predicted octanol–water partition coefficient (Wildman–Crippen LogP) is 3.75. The number of carbonyl (C=O) groups is 1. The van der Waals surface area contributed by atoms with Gasteiger partial charge < -0.3 is 4.74 Å². The zero-order valence-electron chi connectivity index (χ0n) is 10.2. The quantitative estimate of drug-likeness (QED) is 0.462. The molecule has 0 saturated heterocycles. The Morgan fingerprint density at radius 1 is 0.944 bits per heavy atom. The van der Waals surface area contributed by atoms with E-state index in [0.717, 1.165) is 11.1 Å². The van der Waals surface area contributed by atoms with E-state index in [9.17, 15) is 4.79 Å². The van der Waals surface area contributed by atoms with E-state index in [1.807, 2.05) is 66.7 Å². The highest BCUT2D eigenvalue weighted by Crippen LogP contribution is 2.19. The molecule has 0 atom stereocenters. The van der Waals surface area contributed by atoms with Gasteiger partial charge in [-0.2, -0.15) is 0 Å². The highest BCUT2D eigenvalue weighted by atomic mass is 16.5. The monoisotopic (exact) mass is 238 g/mol. The number of benzene rings is 2. The molecule has 2 aromatic rings. The normalized spacial score (nSPS) is 11.1. The Morgan fingerprint density at radius 2 is 1.50 bits per heavy atom. The Bertz CT molecular complexity index is 542. The van der Waals surface area contributed by atoms with Crippen LogP contribution in [0.25, 0.3) is 11.8 Å². The van der Waals surface area contributed by atoms with Gasteiger partial charge in [0.25, 0.3) is 0 Å². The summed E-state index contributed by atoms with van der Waals surface area (Å²) in [5.74, 6) is 0.246. The third kappa shape index (κ3) is 3.32. The van der Waals surface area contributed by atoms with Crippen molar-refractivity contribution in [3.63, 3.8) is 0 Å². The van der Waals surface area contributed by atoms with Crippen LogP contribution in [0.15, 0.2) is 60.7 Å². The van der Waals surface area contributed by atoms with Crippen LogP contribution in [-0.4, -0.2) is 5.97 Å². The first kappa shape index (κ1) is 12.1. The van der Waals surface area contributed by atoms with Gasteiger partial charge in [-0.3, -0.25) is 4.79 Å². The van der Waals surface area contributed by atoms with Gasteiger partial charge >= 0.3 is 5.97 Å². The van der Waals surface area contributed by atoms with Crippen molar-refractivity contribution in [1.82, 2.24) is 0 Å². The second-order valence-electron chi connectivity index (χ2n) is 3.88. The van der Waals surface area contributed by atoms with Crippen molar-refractivity contribution in [2.75, 3.05) is 0 Å². The second kappa shape index (κ2) is 5.82. The number of carbonyl (C=O) groups excluding carboxylic acids is 1. The van der Waals surface area contributed by atoms with Gasteiger partial charge in [0.2, 0.25) is 0 Å². The van der Waals surface area contributed by atoms with Gasteiger partial charge in [0.15, 0.2) is 0 Å². The SMILES string of the molecule is CC(=O)OC(=Cc1ccccc1)c1ccccc1. The van der Waals surface area contributed by atoms with Crippen molar-refractivity contribution in [2.24, 2.45) is 0 Å². The highest BCUT2D eigenvalue weighted by Gasteiger charge is 2.05. The van der Waals surface area contributed by atoms with Gasteiger partial charge in [-0.15, -0.1) is 0 Å². The Morgan fingerprint density at radius 3 is 2.06 bits per heavy atom. The van der Waals surface area contributed by atoms with E-state index in [1.54, 1.807) is 0 Å². The molecule has 0 aliphatic rings. The van der Waals surface area contributed by atoms with Crippen molar-refractivity contribution in [1.29, 1.82) is 0 Å². The second-order valence-corrected chi connectivity index (χ2v) is 3.88.